The largest absolute Gasteiger partial charge is 0.236 e. The van der Waals surface area contributed by atoms with Crippen molar-refractivity contribution in [2.75, 3.05) is 0 Å². The normalized spacial score (nSPS) is 10.7. The third kappa shape index (κ3) is 1.62. The fraction of sp³-hybridized carbons (Fsp3) is 0.100. The van der Waals surface area contributed by atoms with Crippen molar-refractivity contribution in [3.8, 4) is 0 Å². The molecule has 66 valence electrons. The average molecular weight is 212 g/mol. The summed E-state index contributed by atoms with van der Waals surface area (Å²) < 4.78 is 0. The molecule has 0 spiro atoms. The molecule has 13 heavy (non-hydrogen) atoms. The van der Waals surface area contributed by atoms with Gasteiger partial charge in [-0.1, -0.05) is 29.3 Å². The SMILES string of the molecule is Cc1cc(Cl)nc2cc(Cl)ccc12. The molecule has 1 aromatic carbocycles. The number of nitrogens with zero attached hydrogens (tertiary/aromatic N) is 1. The number of fused-ring (bicyclic) bond motifs is 1. The summed E-state index contributed by atoms with van der Waals surface area (Å²) in [5.74, 6) is 0. The number of aromatic nitrogens is 1. The Kier molecular flexibility index (Phi) is 2.14. The lowest BCUT2D eigenvalue weighted by atomic mass is 10.1. The third-order valence-electron chi connectivity index (χ3n) is 1.95. The zero-order chi connectivity index (χ0) is 9.42. The lowest BCUT2D eigenvalue weighted by Gasteiger charge is -2.02. The third-order valence-corrected chi connectivity index (χ3v) is 2.38. The maximum atomic E-state index is 5.84. The van der Waals surface area contributed by atoms with Crippen LogP contribution in [0.3, 0.4) is 0 Å². The van der Waals surface area contributed by atoms with Crippen LogP contribution in [-0.4, -0.2) is 4.98 Å². The van der Waals surface area contributed by atoms with E-state index in [4.69, 9.17) is 23.2 Å². The second-order valence-electron chi connectivity index (χ2n) is 2.92. The van der Waals surface area contributed by atoms with Crippen molar-refractivity contribution in [1.29, 1.82) is 0 Å². The van der Waals surface area contributed by atoms with Crippen molar-refractivity contribution >= 4 is 34.1 Å². The predicted octanol–water partition coefficient (Wildman–Crippen LogP) is 3.85. The summed E-state index contributed by atoms with van der Waals surface area (Å²) in [4.78, 5) is 4.18. The number of halogens is 2. The van der Waals surface area contributed by atoms with Crippen LogP contribution in [0.15, 0.2) is 24.3 Å². The van der Waals surface area contributed by atoms with Gasteiger partial charge < -0.3 is 0 Å². The molecule has 2 aromatic rings. The van der Waals surface area contributed by atoms with Crippen LogP contribution in [0, 0.1) is 6.92 Å². The van der Waals surface area contributed by atoms with Gasteiger partial charge in [0.15, 0.2) is 0 Å². The molecule has 0 radical (unpaired) electrons. The molecule has 0 aliphatic rings. The molecule has 1 nitrogen and oxygen atoms in total. The monoisotopic (exact) mass is 211 g/mol. The van der Waals surface area contributed by atoms with E-state index in [2.05, 4.69) is 4.98 Å². The first-order valence-electron chi connectivity index (χ1n) is 3.89. The predicted molar refractivity (Wildman–Crippen MR) is 56.5 cm³/mol. The molecule has 0 saturated heterocycles. The summed E-state index contributed by atoms with van der Waals surface area (Å²) in [6.45, 7) is 2.00. The summed E-state index contributed by atoms with van der Waals surface area (Å²) in [6.07, 6.45) is 0. The van der Waals surface area contributed by atoms with Crippen molar-refractivity contribution in [1.82, 2.24) is 4.98 Å². The lowest BCUT2D eigenvalue weighted by molar-refractivity contribution is 1.37. The van der Waals surface area contributed by atoms with Crippen LogP contribution in [0.2, 0.25) is 10.2 Å². The van der Waals surface area contributed by atoms with Gasteiger partial charge in [-0.2, -0.15) is 0 Å². The first-order valence-corrected chi connectivity index (χ1v) is 4.65. The number of aryl methyl sites for hydroxylation is 1. The van der Waals surface area contributed by atoms with Gasteiger partial charge in [0.25, 0.3) is 0 Å². The van der Waals surface area contributed by atoms with Gasteiger partial charge in [-0.05, 0) is 30.7 Å². The molecule has 0 saturated carbocycles. The highest BCUT2D eigenvalue weighted by molar-refractivity contribution is 6.31. The van der Waals surface area contributed by atoms with Gasteiger partial charge in [-0.3, -0.25) is 0 Å². The minimum atomic E-state index is 0.507. The van der Waals surface area contributed by atoms with Crippen LogP contribution in [0.5, 0.6) is 0 Å². The van der Waals surface area contributed by atoms with Crippen molar-refractivity contribution in [2.24, 2.45) is 0 Å². The van der Waals surface area contributed by atoms with Gasteiger partial charge in [0.2, 0.25) is 0 Å². The van der Waals surface area contributed by atoms with Gasteiger partial charge in [0.05, 0.1) is 5.52 Å². The van der Waals surface area contributed by atoms with Crippen LogP contribution in [0.1, 0.15) is 5.56 Å². The minimum absolute atomic E-state index is 0.507. The molecule has 0 fully saturated rings. The molecule has 1 aromatic heterocycles. The van der Waals surface area contributed by atoms with Gasteiger partial charge >= 0.3 is 0 Å². The van der Waals surface area contributed by atoms with Crippen molar-refractivity contribution in [3.05, 3.63) is 40.0 Å². The van der Waals surface area contributed by atoms with Gasteiger partial charge in [-0.15, -0.1) is 0 Å². The molecule has 0 aliphatic carbocycles. The molecular formula is C10H7Cl2N. The molecule has 1 heterocycles. The van der Waals surface area contributed by atoms with Crippen molar-refractivity contribution in [3.63, 3.8) is 0 Å². The van der Waals surface area contributed by atoms with Crippen LogP contribution in [0.4, 0.5) is 0 Å². The highest BCUT2D eigenvalue weighted by Gasteiger charge is 2.01. The van der Waals surface area contributed by atoms with E-state index in [0.29, 0.717) is 10.2 Å². The summed E-state index contributed by atoms with van der Waals surface area (Å²) in [7, 11) is 0. The molecule has 0 atom stereocenters. The second-order valence-corrected chi connectivity index (χ2v) is 3.75. The Labute approximate surface area is 86.3 Å². The first-order chi connectivity index (χ1) is 6.16. The summed E-state index contributed by atoms with van der Waals surface area (Å²) >= 11 is 11.7. The van der Waals surface area contributed by atoms with Crippen LogP contribution in [-0.2, 0) is 0 Å². The molecule has 0 amide bonds. The Bertz CT molecular complexity index is 460. The van der Waals surface area contributed by atoms with E-state index in [0.717, 1.165) is 16.5 Å². The van der Waals surface area contributed by atoms with E-state index in [9.17, 15) is 0 Å². The van der Waals surface area contributed by atoms with E-state index in [1.54, 1.807) is 0 Å². The van der Waals surface area contributed by atoms with Gasteiger partial charge in [0, 0.05) is 10.4 Å². The zero-order valence-electron chi connectivity index (χ0n) is 7.01. The average Bonchev–Trinajstić information content (AvgIpc) is 2.02. The van der Waals surface area contributed by atoms with Gasteiger partial charge in [0.1, 0.15) is 5.15 Å². The summed E-state index contributed by atoms with van der Waals surface area (Å²) in [5, 5.41) is 2.28. The van der Waals surface area contributed by atoms with Crippen LogP contribution >= 0.6 is 23.2 Å². The smallest absolute Gasteiger partial charge is 0.130 e. The molecule has 0 bridgehead atoms. The standard InChI is InChI=1S/C10H7Cl2N/c1-6-4-10(12)13-9-5-7(11)2-3-8(6)9/h2-5H,1H3. The highest BCUT2D eigenvalue weighted by atomic mass is 35.5. The molecule has 0 aliphatic heterocycles. The lowest BCUT2D eigenvalue weighted by Crippen LogP contribution is -1.83. The number of benzene rings is 1. The molecular weight excluding hydrogens is 205 g/mol. The maximum Gasteiger partial charge on any atom is 0.130 e. The van der Waals surface area contributed by atoms with Gasteiger partial charge in [-0.25, -0.2) is 4.98 Å². The quantitative estimate of drug-likeness (QED) is 0.604. The Balaban J connectivity index is 2.86. The van der Waals surface area contributed by atoms with Crippen LogP contribution in [0.25, 0.3) is 10.9 Å². The Morgan fingerprint density at radius 3 is 2.69 bits per heavy atom. The first kappa shape index (κ1) is 8.79. The Morgan fingerprint density at radius 1 is 1.15 bits per heavy atom. The molecule has 2 rings (SSSR count). The van der Waals surface area contributed by atoms with E-state index < -0.39 is 0 Å². The molecule has 0 unspecified atom stereocenters. The van der Waals surface area contributed by atoms with Crippen molar-refractivity contribution < 1.29 is 0 Å². The number of hydrogen-bond donors (Lipinski definition) is 0. The number of pyridine rings is 1. The van der Waals surface area contributed by atoms with E-state index in [-0.39, 0.29) is 0 Å². The topological polar surface area (TPSA) is 12.9 Å². The molecule has 3 heteroatoms. The number of rotatable bonds is 0. The summed E-state index contributed by atoms with van der Waals surface area (Å²) in [5.41, 5.74) is 1.96. The number of hydrogen-bond acceptors (Lipinski definition) is 1. The zero-order valence-corrected chi connectivity index (χ0v) is 8.52. The minimum Gasteiger partial charge on any atom is -0.236 e. The second kappa shape index (κ2) is 3.17. The Morgan fingerprint density at radius 2 is 1.92 bits per heavy atom. The van der Waals surface area contributed by atoms with E-state index in [1.807, 2.05) is 31.2 Å². The van der Waals surface area contributed by atoms with E-state index in [1.165, 1.54) is 0 Å². The maximum absolute atomic E-state index is 5.84. The fourth-order valence-corrected chi connectivity index (χ4v) is 1.76. The summed E-state index contributed by atoms with van der Waals surface area (Å²) in [6, 6.07) is 7.47. The Hall–Kier alpha value is -0.790. The molecule has 0 N–H and O–H groups in total. The fourth-order valence-electron chi connectivity index (χ4n) is 1.33. The van der Waals surface area contributed by atoms with E-state index >= 15 is 0 Å². The highest BCUT2D eigenvalue weighted by Crippen LogP contribution is 2.22. The van der Waals surface area contributed by atoms with Crippen molar-refractivity contribution in [2.45, 2.75) is 6.92 Å². The van der Waals surface area contributed by atoms with Crippen LogP contribution < -0.4 is 0 Å².